The lowest BCUT2D eigenvalue weighted by Crippen LogP contribution is -2.36. The number of ether oxygens (including phenoxy) is 2. The molecule has 1 N–H and O–H groups in total. The molecule has 0 aromatic heterocycles. The summed E-state index contributed by atoms with van der Waals surface area (Å²) in [5, 5.41) is 13.9. The Hall–Kier alpha value is -2.80. The standard InChI is InChI=1S/C17H17ClN2O5/c1-11(10-25-14-7-8-15(18)16(9-14)24-2)19-17(21)12-3-5-13(6-4-12)20(22)23/h3-9,11H,10H2,1-2H3,(H,19,21). The van der Waals surface area contributed by atoms with Crippen LogP contribution in [0.25, 0.3) is 0 Å². The largest absolute Gasteiger partial charge is 0.495 e. The highest BCUT2D eigenvalue weighted by atomic mass is 35.5. The monoisotopic (exact) mass is 364 g/mol. The van der Waals surface area contributed by atoms with Gasteiger partial charge in [-0.25, -0.2) is 0 Å². The predicted molar refractivity (Wildman–Crippen MR) is 93.5 cm³/mol. The van der Waals surface area contributed by atoms with Crippen LogP contribution in [0, 0.1) is 10.1 Å². The first-order valence-corrected chi connectivity index (χ1v) is 7.80. The minimum Gasteiger partial charge on any atom is -0.495 e. The average molecular weight is 365 g/mol. The van der Waals surface area contributed by atoms with Gasteiger partial charge in [-0.2, -0.15) is 0 Å². The van der Waals surface area contributed by atoms with E-state index in [2.05, 4.69) is 5.32 Å². The zero-order valence-corrected chi connectivity index (χ0v) is 14.4. The second-order valence-corrected chi connectivity index (χ2v) is 5.69. The Labute approximate surface area is 149 Å². The SMILES string of the molecule is COc1cc(OCC(C)NC(=O)c2ccc([N+](=O)[O-])cc2)ccc1Cl. The number of nitro benzene ring substituents is 1. The van der Waals surface area contributed by atoms with E-state index >= 15 is 0 Å². The number of hydrogen-bond donors (Lipinski definition) is 1. The number of amides is 1. The summed E-state index contributed by atoms with van der Waals surface area (Å²) in [6.07, 6.45) is 0. The summed E-state index contributed by atoms with van der Waals surface area (Å²) in [6, 6.07) is 10.1. The van der Waals surface area contributed by atoms with Crippen LogP contribution in [0.4, 0.5) is 5.69 Å². The average Bonchev–Trinajstić information content (AvgIpc) is 2.61. The van der Waals surface area contributed by atoms with Gasteiger partial charge in [-0.3, -0.25) is 14.9 Å². The van der Waals surface area contributed by atoms with Gasteiger partial charge in [-0.05, 0) is 31.2 Å². The summed E-state index contributed by atoms with van der Waals surface area (Å²) in [5.74, 6) is 0.735. The van der Waals surface area contributed by atoms with Gasteiger partial charge >= 0.3 is 0 Å². The predicted octanol–water partition coefficient (Wildman–Crippen LogP) is 3.45. The molecule has 0 radical (unpaired) electrons. The summed E-state index contributed by atoms with van der Waals surface area (Å²) in [6.45, 7) is 2.03. The van der Waals surface area contributed by atoms with E-state index in [-0.39, 0.29) is 24.2 Å². The smallest absolute Gasteiger partial charge is 0.269 e. The normalized spacial score (nSPS) is 11.5. The lowest BCUT2D eigenvalue weighted by molar-refractivity contribution is -0.384. The second kappa shape index (κ2) is 8.34. The van der Waals surface area contributed by atoms with E-state index in [0.29, 0.717) is 22.1 Å². The van der Waals surface area contributed by atoms with Crippen LogP contribution in [0.5, 0.6) is 11.5 Å². The molecule has 0 aliphatic rings. The van der Waals surface area contributed by atoms with Gasteiger partial charge < -0.3 is 14.8 Å². The van der Waals surface area contributed by atoms with Crippen LogP contribution in [0.1, 0.15) is 17.3 Å². The molecular weight excluding hydrogens is 348 g/mol. The Morgan fingerprint density at radius 3 is 2.56 bits per heavy atom. The molecule has 2 aromatic carbocycles. The summed E-state index contributed by atoms with van der Waals surface area (Å²) in [7, 11) is 1.51. The number of methoxy groups -OCH3 is 1. The first-order chi connectivity index (χ1) is 11.9. The molecule has 0 heterocycles. The van der Waals surface area contributed by atoms with Crippen molar-refractivity contribution < 1.29 is 19.2 Å². The molecule has 0 aliphatic heterocycles. The molecule has 1 unspecified atom stereocenters. The maximum absolute atomic E-state index is 12.1. The van der Waals surface area contributed by atoms with Crippen LogP contribution in [0.2, 0.25) is 5.02 Å². The summed E-state index contributed by atoms with van der Waals surface area (Å²) in [4.78, 5) is 22.2. The number of nitrogens with one attached hydrogen (secondary N) is 1. The van der Waals surface area contributed by atoms with E-state index in [1.54, 1.807) is 25.1 Å². The highest BCUT2D eigenvalue weighted by Crippen LogP contribution is 2.28. The summed E-state index contributed by atoms with van der Waals surface area (Å²) >= 11 is 5.95. The molecule has 2 aromatic rings. The third kappa shape index (κ3) is 5.09. The van der Waals surface area contributed by atoms with Crippen molar-refractivity contribution in [3.8, 4) is 11.5 Å². The number of carbonyl (C=O) groups excluding carboxylic acids is 1. The van der Waals surface area contributed by atoms with Gasteiger partial charge in [0.25, 0.3) is 11.6 Å². The molecule has 1 atom stereocenters. The number of benzene rings is 2. The highest BCUT2D eigenvalue weighted by molar-refractivity contribution is 6.32. The fourth-order valence-corrected chi connectivity index (χ4v) is 2.23. The minimum absolute atomic E-state index is 0.0652. The van der Waals surface area contributed by atoms with Crippen LogP contribution in [-0.2, 0) is 0 Å². The molecule has 2 rings (SSSR count). The van der Waals surface area contributed by atoms with E-state index in [4.69, 9.17) is 21.1 Å². The van der Waals surface area contributed by atoms with E-state index in [9.17, 15) is 14.9 Å². The minimum atomic E-state index is -0.515. The Balaban J connectivity index is 1.90. The Morgan fingerprint density at radius 1 is 1.28 bits per heavy atom. The van der Waals surface area contributed by atoms with Gasteiger partial charge in [0.15, 0.2) is 0 Å². The molecule has 1 amide bonds. The summed E-state index contributed by atoms with van der Waals surface area (Å²) in [5.41, 5.74) is 0.273. The molecule has 7 nitrogen and oxygen atoms in total. The second-order valence-electron chi connectivity index (χ2n) is 5.29. The highest BCUT2D eigenvalue weighted by Gasteiger charge is 2.13. The van der Waals surface area contributed by atoms with E-state index in [1.165, 1.54) is 31.4 Å². The Kier molecular flexibility index (Phi) is 6.19. The fraction of sp³-hybridized carbons (Fsp3) is 0.235. The van der Waals surface area contributed by atoms with Crippen molar-refractivity contribution in [2.75, 3.05) is 13.7 Å². The van der Waals surface area contributed by atoms with Crippen molar-refractivity contribution in [2.45, 2.75) is 13.0 Å². The number of halogens is 1. The van der Waals surface area contributed by atoms with Gasteiger partial charge in [0, 0.05) is 23.8 Å². The molecule has 0 fully saturated rings. The maximum atomic E-state index is 12.1. The van der Waals surface area contributed by atoms with Crippen LogP contribution in [-0.4, -0.2) is 30.6 Å². The molecule has 0 saturated carbocycles. The number of hydrogen-bond acceptors (Lipinski definition) is 5. The van der Waals surface area contributed by atoms with Gasteiger partial charge in [0.1, 0.15) is 18.1 Å². The number of rotatable bonds is 7. The fourth-order valence-electron chi connectivity index (χ4n) is 2.03. The number of nitro groups is 1. The zero-order valence-electron chi connectivity index (χ0n) is 13.7. The van der Waals surface area contributed by atoms with Gasteiger partial charge in [0.2, 0.25) is 0 Å². The van der Waals surface area contributed by atoms with Gasteiger partial charge in [-0.1, -0.05) is 11.6 Å². The molecule has 0 saturated heterocycles. The first kappa shape index (κ1) is 18.5. The van der Waals surface area contributed by atoms with Crippen LogP contribution in [0.15, 0.2) is 42.5 Å². The molecule has 0 spiro atoms. The Bertz CT molecular complexity index is 764. The van der Waals surface area contributed by atoms with Crippen LogP contribution in [0.3, 0.4) is 0 Å². The maximum Gasteiger partial charge on any atom is 0.269 e. The van der Waals surface area contributed by atoms with Gasteiger partial charge in [0.05, 0.1) is 23.1 Å². The summed E-state index contributed by atoms with van der Waals surface area (Å²) < 4.78 is 10.7. The van der Waals surface area contributed by atoms with Crippen molar-refractivity contribution in [3.63, 3.8) is 0 Å². The first-order valence-electron chi connectivity index (χ1n) is 7.42. The molecule has 25 heavy (non-hydrogen) atoms. The molecular formula is C17H17ClN2O5. The molecule has 0 aliphatic carbocycles. The molecule has 132 valence electrons. The van der Waals surface area contributed by atoms with Crippen molar-refractivity contribution in [2.24, 2.45) is 0 Å². The van der Waals surface area contributed by atoms with Crippen molar-refractivity contribution >= 4 is 23.2 Å². The quantitative estimate of drug-likeness (QED) is 0.600. The van der Waals surface area contributed by atoms with E-state index in [0.717, 1.165) is 0 Å². The third-order valence-corrected chi connectivity index (χ3v) is 3.65. The van der Waals surface area contributed by atoms with E-state index < -0.39 is 4.92 Å². The third-order valence-electron chi connectivity index (χ3n) is 3.34. The topological polar surface area (TPSA) is 90.7 Å². The number of carbonyl (C=O) groups is 1. The van der Waals surface area contributed by atoms with E-state index in [1.807, 2.05) is 0 Å². The van der Waals surface area contributed by atoms with Crippen molar-refractivity contribution in [1.82, 2.24) is 5.32 Å². The van der Waals surface area contributed by atoms with Crippen LogP contribution < -0.4 is 14.8 Å². The number of non-ortho nitro benzene ring substituents is 1. The zero-order chi connectivity index (χ0) is 18.4. The lowest BCUT2D eigenvalue weighted by atomic mass is 10.2. The molecule has 8 heteroatoms. The number of nitrogens with zero attached hydrogens (tertiary/aromatic N) is 1. The lowest BCUT2D eigenvalue weighted by Gasteiger charge is -2.15. The van der Waals surface area contributed by atoms with Crippen molar-refractivity contribution in [3.05, 3.63) is 63.2 Å². The molecule has 0 bridgehead atoms. The van der Waals surface area contributed by atoms with Crippen LogP contribution >= 0.6 is 11.6 Å². The Morgan fingerprint density at radius 2 is 1.96 bits per heavy atom. The van der Waals surface area contributed by atoms with Crippen molar-refractivity contribution in [1.29, 1.82) is 0 Å². The van der Waals surface area contributed by atoms with Gasteiger partial charge in [-0.15, -0.1) is 0 Å².